The van der Waals surface area contributed by atoms with Crippen molar-refractivity contribution in [1.29, 1.82) is 0 Å². The third-order valence-corrected chi connectivity index (χ3v) is 6.16. The number of aromatic nitrogens is 1. The summed E-state index contributed by atoms with van der Waals surface area (Å²) in [5.74, 6) is 0.165. The van der Waals surface area contributed by atoms with E-state index < -0.39 is 10.0 Å². The molecule has 0 saturated heterocycles. The van der Waals surface area contributed by atoms with E-state index in [-0.39, 0.29) is 15.5 Å². The number of hydrogen-bond acceptors (Lipinski definition) is 5. The SMILES string of the molecule is COCCn1c(=NS(=O)(=O)c2ccc(OC)cc2)sc2cc(F)ccc21. The number of nitrogens with zero attached hydrogens (tertiary/aromatic N) is 2. The summed E-state index contributed by atoms with van der Waals surface area (Å²) < 4.78 is 55.2. The molecule has 0 radical (unpaired) electrons. The van der Waals surface area contributed by atoms with Crippen LogP contribution < -0.4 is 9.54 Å². The zero-order valence-electron chi connectivity index (χ0n) is 14.2. The molecule has 138 valence electrons. The molecule has 3 aromatic rings. The number of hydrogen-bond donors (Lipinski definition) is 0. The van der Waals surface area contributed by atoms with Crippen LogP contribution in [0.2, 0.25) is 0 Å². The van der Waals surface area contributed by atoms with E-state index in [0.717, 1.165) is 11.3 Å². The van der Waals surface area contributed by atoms with Gasteiger partial charge in [-0.15, -0.1) is 4.40 Å². The fourth-order valence-corrected chi connectivity index (χ4v) is 4.70. The first kappa shape index (κ1) is 18.6. The van der Waals surface area contributed by atoms with Crippen LogP contribution in [-0.4, -0.2) is 33.8 Å². The van der Waals surface area contributed by atoms with Gasteiger partial charge in [-0.1, -0.05) is 11.3 Å². The quantitative estimate of drug-likeness (QED) is 0.642. The second-order valence-electron chi connectivity index (χ2n) is 5.38. The molecule has 1 heterocycles. The Balaban J connectivity index is 2.15. The summed E-state index contributed by atoms with van der Waals surface area (Å²) in [5.41, 5.74) is 0.706. The minimum absolute atomic E-state index is 0.0558. The number of fused-ring (bicyclic) bond motifs is 1. The summed E-state index contributed by atoms with van der Waals surface area (Å²) in [6, 6.07) is 10.3. The Bertz CT molecular complexity index is 1090. The molecule has 0 saturated carbocycles. The molecule has 6 nitrogen and oxygen atoms in total. The molecule has 0 aliphatic carbocycles. The lowest BCUT2D eigenvalue weighted by molar-refractivity contribution is 0.187. The molecule has 0 spiro atoms. The topological polar surface area (TPSA) is 69.9 Å². The van der Waals surface area contributed by atoms with Crippen LogP contribution >= 0.6 is 11.3 Å². The number of benzene rings is 2. The third kappa shape index (κ3) is 3.79. The molecule has 1 aromatic heterocycles. The molecule has 2 aromatic carbocycles. The van der Waals surface area contributed by atoms with E-state index in [1.807, 2.05) is 0 Å². The lowest BCUT2D eigenvalue weighted by Gasteiger charge is -2.05. The molecule has 0 aliphatic rings. The first-order valence-corrected chi connectivity index (χ1v) is 9.93. The van der Waals surface area contributed by atoms with E-state index in [9.17, 15) is 12.8 Å². The monoisotopic (exact) mass is 396 g/mol. The summed E-state index contributed by atoms with van der Waals surface area (Å²) in [6.45, 7) is 0.776. The standard InChI is InChI=1S/C17H17FN2O4S2/c1-23-10-9-20-15-8-3-12(18)11-16(15)25-17(20)19-26(21,22)14-6-4-13(24-2)5-7-14/h3-8,11H,9-10H2,1-2H3. The molecule has 0 bridgehead atoms. The molecule has 0 amide bonds. The minimum Gasteiger partial charge on any atom is -0.497 e. The molecule has 26 heavy (non-hydrogen) atoms. The van der Waals surface area contributed by atoms with Gasteiger partial charge in [-0.2, -0.15) is 8.42 Å². The Kier molecular flexibility index (Phi) is 5.40. The summed E-state index contributed by atoms with van der Waals surface area (Å²) in [7, 11) is -0.861. The van der Waals surface area contributed by atoms with Crippen molar-refractivity contribution in [3.63, 3.8) is 0 Å². The average Bonchev–Trinajstić information content (AvgIpc) is 2.95. The lowest BCUT2D eigenvalue weighted by Crippen LogP contribution is -2.19. The van der Waals surface area contributed by atoms with Crippen molar-refractivity contribution in [3.8, 4) is 5.75 Å². The maximum Gasteiger partial charge on any atom is 0.285 e. The second kappa shape index (κ2) is 7.56. The molecule has 3 rings (SSSR count). The molecule has 0 fully saturated rings. The van der Waals surface area contributed by atoms with Gasteiger partial charge in [0.25, 0.3) is 10.0 Å². The normalized spacial score (nSPS) is 12.7. The average molecular weight is 396 g/mol. The summed E-state index contributed by atoms with van der Waals surface area (Å²) in [6.07, 6.45) is 0. The maximum absolute atomic E-state index is 13.5. The van der Waals surface area contributed by atoms with Crippen LogP contribution in [0, 0.1) is 5.82 Å². The number of thiazole rings is 1. The zero-order valence-corrected chi connectivity index (χ0v) is 15.8. The van der Waals surface area contributed by atoms with E-state index in [2.05, 4.69) is 4.40 Å². The van der Waals surface area contributed by atoms with Gasteiger partial charge < -0.3 is 14.0 Å². The number of sulfonamides is 1. The van der Waals surface area contributed by atoms with Gasteiger partial charge in [-0.3, -0.25) is 0 Å². The molecule has 9 heteroatoms. The van der Waals surface area contributed by atoms with Crippen molar-refractivity contribution >= 4 is 31.6 Å². The summed E-state index contributed by atoms with van der Waals surface area (Å²) in [4.78, 5) is 0.318. The van der Waals surface area contributed by atoms with E-state index in [4.69, 9.17) is 9.47 Å². The predicted octanol–water partition coefficient (Wildman–Crippen LogP) is 2.79. The third-order valence-electron chi connectivity index (χ3n) is 3.72. The number of rotatable bonds is 6. The van der Waals surface area contributed by atoms with Crippen LogP contribution in [0.15, 0.2) is 51.8 Å². The molecule has 0 N–H and O–H groups in total. The molecular weight excluding hydrogens is 379 g/mol. The van der Waals surface area contributed by atoms with Crippen LogP contribution in [-0.2, 0) is 21.3 Å². The molecular formula is C17H17FN2O4S2. The minimum atomic E-state index is -3.92. The molecule has 0 aliphatic heterocycles. The highest BCUT2D eigenvalue weighted by molar-refractivity contribution is 7.90. The first-order chi connectivity index (χ1) is 12.4. The highest BCUT2D eigenvalue weighted by atomic mass is 32.2. The highest BCUT2D eigenvalue weighted by Gasteiger charge is 2.15. The van der Waals surface area contributed by atoms with Gasteiger partial charge in [0.2, 0.25) is 4.80 Å². The first-order valence-electron chi connectivity index (χ1n) is 7.67. The Morgan fingerprint density at radius 3 is 2.54 bits per heavy atom. The summed E-state index contributed by atoms with van der Waals surface area (Å²) in [5, 5.41) is 0. The Hall–Kier alpha value is -2.23. The smallest absolute Gasteiger partial charge is 0.285 e. The van der Waals surface area contributed by atoms with E-state index in [0.29, 0.717) is 29.1 Å². The molecule has 0 unspecified atom stereocenters. The Morgan fingerprint density at radius 2 is 1.88 bits per heavy atom. The van der Waals surface area contributed by atoms with Crippen molar-refractivity contribution in [2.75, 3.05) is 20.8 Å². The van der Waals surface area contributed by atoms with Gasteiger partial charge in [0.15, 0.2) is 0 Å². The van der Waals surface area contributed by atoms with Gasteiger partial charge in [-0.05, 0) is 42.5 Å². The predicted molar refractivity (Wildman–Crippen MR) is 97.4 cm³/mol. The Labute approximate surface area is 154 Å². The fourth-order valence-electron chi connectivity index (χ4n) is 2.42. The van der Waals surface area contributed by atoms with Crippen molar-refractivity contribution < 1.29 is 22.3 Å². The van der Waals surface area contributed by atoms with Crippen molar-refractivity contribution in [3.05, 3.63) is 53.1 Å². The van der Waals surface area contributed by atoms with E-state index in [1.165, 1.54) is 31.4 Å². The van der Waals surface area contributed by atoms with Crippen LogP contribution in [0.3, 0.4) is 0 Å². The maximum atomic E-state index is 13.5. The number of ether oxygens (including phenoxy) is 2. The number of halogens is 1. The van der Waals surface area contributed by atoms with Crippen LogP contribution in [0.1, 0.15) is 0 Å². The fraction of sp³-hybridized carbons (Fsp3) is 0.235. The highest BCUT2D eigenvalue weighted by Crippen LogP contribution is 2.21. The van der Waals surface area contributed by atoms with Gasteiger partial charge in [0.05, 0.1) is 28.8 Å². The van der Waals surface area contributed by atoms with Gasteiger partial charge in [0, 0.05) is 13.7 Å². The van der Waals surface area contributed by atoms with E-state index in [1.54, 1.807) is 29.9 Å². The molecule has 0 atom stereocenters. The number of methoxy groups -OCH3 is 2. The van der Waals surface area contributed by atoms with Gasteiger partial charge >= 0.3 is 0 Å². The Morgan fingerprint density at radius 1 is 1.15 bits per heavy atom. The lowest BCUT2D eigenvalue weighted by atomic mass is 10.3. The van der Waals surface area contributed by atoms with Crippen LogP contribution in [0.25, 0.3) is 10.2 Å². The largest absolute Gasteiger partial charge is 0.497 e. The van der Waals surface area contributed by atoms with Gasteiger partial charge in [0.1, 0.15) is 11.6 Å². The summed E-state index contributed by atoms with van der Waals surface area (Å²) >= 11 is 1.11. The van der Waals surface area contributed by atoms with Gasteiger partial charge in [-0.25, -0.2) is 4.39 Å². The van der Waals surface area contributed by atoms with Crippen molar-refractivity contribution in [2.45, 2.75) is 11.4 Å². The second-order valence-corrected chi connectivity index (χ2v) is 8.00. The van der Waals surface area contributed by atoms with Crippen LogP contribution in [0.5, 0.6) is 5.75 Å². The van der Waals surface area contributed by atoms with Crippen LogP contribution in [0.4, 0.5) is 4.39 Å². The van der Waals surface area contributed by atoms with Crippen molar-refractivity contribution in [1.82, 2.24) is 4.57 Å². The van der Waals surface area contributed by atoms with Crippen molar-refractivity contribution in [2.24, 2.45) is 4.40 Å². The van der Waals surface area contributed by atoms with E-state index >= 15 is 0 Å². The zero-order chi connectivity index (χ0) is 18.7.